The number of thioether (sulfide) groups is 1. The summed E-state index contributed by atoms with van der Waals surface area (Å²) in [5.41, 5.74) is 1.04. The highest BCUT2D eigenvalue weighted by atomic mass is 32.2. The molecule has 0 atom stereocenters. The van der Waals surface area contributed by atoms with Crippen LogP contribution in [0.4, 0.5) is 5.82 Å². The second kappa shape index (κ2) is 6.93. The highest BCUT2D eigenvalue weighted by Crippen LogP contribution is 2.20. The lowest BCUT2D eigenvalue weighted by molar-refractivity contribution is -0.113. The molecule has 10 heteroatoms. The molecule has 0 bridgehead atoms. The fourth-order valence-electron chi connectivity index (χ4n) is 1.96. The summed E-state index contributed by atoms with van der Waals surface area (Å²) in [5, 5.41) is 27.7. The maximum absolute atomic E-state index is 12.2. The second-order valence-corrected chi connectivity index (χ2v) is 5.63. The van der Waals surface area contributed by atoms with Crippen LogP contribution in [-0.4, -0.2) is 41.6 Å². The monoisotopic (exact) mass is 340 g/mol. The van der Waals surface area contributed by atoms with Crippen molar-refractivity contribution < 1.29 is 4.79 Å². The molecule has 0 saturated heterocycles. The predicted molar refractivity (Wildman–Crippen MR) is 86.4 cm³/mol. The quantitative estimate of drug-likeness (QED) is 0.689. The van der Waals surface area contributed by atoms with Crippen LogP contribution in [0.15, 0.2) is 41.7 Å². The van der Waals surface area contributed by atoms with Crippen molar-refractivity contribution in [2.24, 2.45) is 7.05 Å². The molecule has 0 radical (unpaired) electrons. The molecule has 2 heterocycles. The Kier molecular flexibility index (Phi) is 4.53. The molecule has 0 aliphatic heterocycles. The minimum atomic E-state index is -0.280. The fraction of sp³-hybridized carbons (Fsp3) is 0.143. The Morgan fingerprint density at radius 2 is 2.17 bits per heavy atom. The number of nitrogens with one attached hydrogen (secondary N) is 1. The number of tetrazole rings is 1. The van der Waals surface area contributed by atoms with Crippen molar-refractivity contribution in [2.75, 3.05) is 11.1 Å². The third-order valence-electron chi connectivity index (χ3n) is 3.06. The molecular formula is C14H12N8OS. The number of anilines is 1. The molecule has 0 unspecified atom stereocenters. The number of carbonyl (C=O) groups excluding carboxylic acids is 1. The van der Waals surface area contributed by atoms with Gasteiger partial charge in [0.15, 0.2) is 5.82 Å². The Hall–Kier alpha value is -3.19. The summed E-state index contributed by atoms with van der Waals surface area (Å²) in [6.07, 6.45) is 1.42. The lowest BCUT2D eigenvalue weighted by Gasteiger charge is -2.09. The van der Waals surface area contributed by atoms with Crippen molar-refractivity contribution in [3.8, 4) is 11.8 Å². The van der Waals surface area contributed by atoms with E-state index in [-0.39, 0.29) is 17.2 Å². The molecule has 3 aromatic rings. The zero-order chi connectivity index (χ0) is 16.9. The van der Waals surface area contributed by atoms with Gasteiger partial charge in [-0.1, -0.05) is 30.0 Å². The lowest BCUT2D eigenvalue weighted by atomic mass is 10.3. The molecule has 9 nitrogen and oxygen atoms in total. The Labute approximate surface area is 141 Å². The van der Waals surface area contributed by atoms with Crippen molar-refractivity contribution in [2.45, 2.75) is 5.16 Å². The molecular weight excluding hydrogens is 328 g/mol. The van der Waals surface area contributed by atoms with Gasteiger partial charge < -0.3 is 5.32 Å². The van der Waals surface area contributed by atoms with Crippen LogP contribution in [-0.2, 0) is 11.8 Å². The predicted octanol–water partition coefficient (Wildman–Crippen LogP) is 0.998. The Bertz CT molecular complexity index is 895. The number of aromatic nitrogens is 6. The van der Waals surface area contributed by atoms with Gasteiger partial charge in [-0.3, -0.25) is 4.79 Å². The maximum Gasteiger partial charge on any atom is 0.236 e. The van der Waals surface area contributed by atoms with Gasteiger partial charge in [0.25, 0.3) is 0 Å². The highest BCUT2D eigenvalue weighted by Gasteiger charge is 2.16. The van der Waals surface area contributed by atoms with Crippen LogP contribution in [0.1, 0.15) is 5.56 Å². The van der Waals surface area contributed by atoms with Crippen LogP contribution in [0.5, 0.6) is 0 Å². The number of amides is 1. The summed E-state index contributed by atoms with van der Waals surface area (Å²) < 4.78 is 3.00. The van der Waals surface area contributed by atoms with Crippen molar-refractivity contribution in [3.63, 3.8) is 0 Å². The molecule has 1 N–H and O–H groups in total. The molecule has 1 aromatic carbocycles. The highest BCUT2D eigenvalue weighted by molar-refractivity contribution is 7.99. The molecule has 0 aliphatic carbocycles. The number of nitriles is 1. The molecule has 2 aromatic heterocycles. The summed E-state index contributed by atoms with van der Waals surface area (Å²) in [7, 11) is 1.69. The summed E-state index contributed by atoms with van der Waals surface area (Å²) in [6.45, 7) is 0. The van der Waals surface area contributed by atoms with Crippen molar-refractivity contribution in [3.05, 3.63) is 42.1 Å². The van der Waals surface area contributed by atoms with Gasteiger partial charge in [0.05, 0.1) is 17.6 Å². The lowest BCUT2D eigenvalue weighted by Crippen LogP contribution is -2.18. The van der Waals surface area contributed by atoms with E-state index in [0.717, 1.165) is 5.69 Å². The zero-order valence-corrected chi connectivity index (χ0v) is 13.4. The van der Waals surface area contributed by atoms with Crippen LogP contribution < -0.4 is 5.32 Å². The smallest absolute Gasteiger partial charge is 0.236 e. The Morgan fingerprint density at radius 1 is 1.38 bits per heavy atom. The first-order valence-corrected chi connectivity index (χ1v) is 7.86. The van der Waals surface area contributed by atoms with Gasteiger partial charge in [-0.05, 0) is 22.6 Å². The van der Waals surface area contributed by atoms with Gasteiger partial charge in [-0.15, -0.1) is 5.10 Å². The first kappa shape index (κ1) is 15.7. The Balaban J connectivity index is 1.77. The van der Waals surface area contributed by atoms with Crippen LogP contribution in [0.25, 0.3) is 5.69 Å². The number of hydrogen-bond acceptors (Lipinski definition) is 7. The average Bonchev–Trinajstić information content (AvgIpc) is 3.19. The number of rotatable bonds is 5. The third kappa shape index (κ3) is 3.26. The normalized spacial score (nSPS) is 10.3. The van der Waals surface area contributed by atoms with Gasteiger partial charge in [0.2, 0.25) is 11.1 Å². The SMILES string of the molecule is Cn1nnnc1SCC(=O)Nc1c(C#N)cnn1-c1ccccc1. The van der Waals surface area contributed by atoms with E-state index in [1.807, 2.05) is 36.4 Å². The molecule has 1 amide bonds. The van der Waals surface area contributed by atoms with E-state index in [1.165, 1.54) is 27.3 Å². The molecule has 0 spiro atoms. The number of carbonyl (C=O) groups is 1. The first-order valence-electron chi connectivity index (χ1n) is 6.87. The second-order valence-electron chi connectivity index (χ2n) is 4.69. The van der Waals surface area contributed by atoms with Gasteiger partial charge >= 0.3 is 0 Å². The van der Waals surface area contributed by atoms with Crippen LogP contribution in [0.2, 0.25) is 0 Å². The summed E-state index contributed by atoms with van der Waals surface area (Å²) >= 11 is 1.20. The van der Waals surface area contributed by atoms with Gasteiger partial charge in [0.1, 0.15) is 11.6 Å². The number of aryl methyl sites for hydroxylation is 1. The van der Waals surface area contributed by atoms with Gasteiger partial charge in [0, 0.05) is 7.05 Å². The number of para-hydroxylation sites is 1. The summed E-state index contributed by atoms with van der Waals surface area (Å²) in [4.78, 5) is 12.2. The van der Waals surface area contributed by atoms with E-state index < -0.39 is 0 Å². The van der Waals surface area contributed by atoms with Crippen LogP contribution in [0, 0.1) is 11.3 Å². The fourth-order valence-corrected chi connectivity index (χ4v) is 2.61. The number of nitrogens with zero attached hydrogens (tertiary/aromatic N) is 7. The Morgan fingerprint density at radius 3 is 2.83 bits per heavy atom. The van der Waals surface area contributed by atoms with Crippen molar-refractivity contribution in [1.82, 2.24) is 30.0 Å². The van der Waals surface area contributed by atoms with E-state index in [1.54, 1.807) is 7.05 Å². The molecule has 0 fully saturated rings. The number of benzene rings is 1. The van der Waals surface area contributed by atoms with E-state index in [0.29, 0.717) is 11.0 Å². The van der Waals surface area contributed by atoms with Gasteiger partial charge in [-0.25, -0.2) is 9.36 Å². The summed E-state index contributed by atoms with van der Waals surface area (Å²) in [6, 6.07) is 11.3. The van der Waals surface area contributed by atoms with E-state index >= 15 is 0 Å². The van der Waals surface area contributed by atoms with Crippen LogP contribution in [0.3, 0.4) is 0 Å². The average molecular weight is 340 g/mol. The van der Waals surface area contributed by atoms with Gasteiger partial charge in [-0.2, -0.15) is 10.4 Å². The van der Waals surface area contributed by atoms with Crippen LogP contribution >= 0.6 is 11.8 Å². The molecule has 0 saturated carbocycles. The number of hydrogen-bond donors (Lipinski definition) is 1. The minimum Gasteiger partial charge on any atom is -0.309 e. The van der Waals surface area contributed by atoms with E-state index in [4.69, 9.17) is 0 Å². The zero-order valence-electron chi connectivity index (χ0n) is 12.6. The van der Waals surface area contributed by atoms with Crippen molar-refractivity contribution in [1.29, 1.82) is 5.26 Å². The molecule has 24 heavy (non-hydrogen) atoms. The topological polar surface area (TPSA) is 114 Å². The van der Waals surface area contributed by atoms with Crippen molar-refractivity contribution >= 4 is 23.5 Å². The standard InChI is InChI=1S/C14H12N8OS/c1-21-14(18-19-20-21)24-9-12(23)17-13-10(7-15)8-16-22(13)11-5-3-2-4-6-11/h2-6,8H,9H2,1H3,(H,17,23). The molecule has 0 aliphatic rings. The maximum atomic E-state index is 12.2. The molecule has 120 valence electrons. The minimum absolute atomic E-state index is 0.110. The molecule has 3 rings (SSSR count). The summed E-state index contributed by atoms with van der Waals surface area (Å²) in [5.74, 6) is 0.168. The largest absolute Gasteiger partial charge is 0.309 e. The first-order chi connectivity index (χ1) is 11.7. The van der Waals surface area contributed by atoms with E-state index in [2.05, 4.69) is 25.9 Å². The third-order valence-corrected chi connectivity index (χ3v) is 4.07. The van der Waals surface area contributed by atoms with E-state index in [9.17, 15) is 10.1 Å².